The van der Waals surface area contributed by atoms with Crippen LogP contribution in [0.5, 0.6) is 0 Å². The standard InChI is InChI=1S/C24H25N3O2S3/c1-15(11-12-17-8-5-4-6-9-17)25-21(28)16(2)32-24-26-22-20(23(29)27(24)3)18(14-31-22)19-10-7-13-30-19/h4-10,13-16H,11-12H2,1-3H3,(H,25,28)/t15-,16-/m1/s1. The number of amides is 1. The quantitative estimate of drug-likeness (QED) is 0.271. The van der Waals surface area contributed by atoms with Crippen molar-refractivity contribution in [1.29, 1.82) is 0 Å². The van der Waals surface area contributed by atoms with Gasteiger partial charge >= 0.3 is 0 Å². The largest absolute Gasteiger partial charge is 0.353 e. The lowest BCUT2D eigenvalue weighted by molar-refractivity contribution is -0.120. The number of nitrogens with one attached hydrogen (secondary N) is 1. The molecule has 0 aliphatic carbocycles. The number of hydrogen-bond donors (Lipinski definition) is 1. The van der Waals surface area contributed by atoms with E-state index < -0.39 is 0 Å². The van der Waals surface area contributed by atoms with Crippen molar-refractivity contribution >= 4 is 50.6 Å². The molecule has 166 valence electrons. The summed E-state index contributed by atoms with van der Waals surface area (Å²) in [5, 5.41) is 7.93. The summed E-state index contributed by atoms with van der Waals surface area (Å²) >= 11 is 4.40. The minimum Gasteiger partial charge on any atom is -0.353 e. The van der Waals surface area contributed by atoms with Crippen LogP contribution in [0.15, 0.2) is 63.2 Å². The average molecular weight is 484 g/mol. The number of benzene rings is 1. The van der Waals surface area contributed by atoms with Crippen LogP contribution >= 0.6 is 34.4 Å². The van der Waals surface area contributed by atoms with Gasteiger partial charge in [-0.3, -0.25) is 14.2 Å². The van der Waals surface area contributed by atoms with E-state index in [2.05, 4.69) is 17.4 Å². The molecule has 4 aromatic rings. The minimum atomic E-state index is -0.360. The number of thioether (sulfide) groups is 1. The summed E-state index contributed by atoms with van der Waals surface area (Å²) in [5.74, 6) is -0.0460. The van der Waals surface area contributed by atoms with Gasteiger partial charge in [0.25, 0.3) is 5.56 Å². The van der Waals surface area contributed by atoms with E-state index in [9.17, 15) is 9.59 Å². The van der Waals surface area contributed by atoms with Crippen LogP contribution in [0.3, 0.4) is 0 Å². The van der Waals surface area contributed by atoms with Crippen molar-refractivity contribution in [2.75, 3.05) is 0 Å². The zero-order valence-corrected chi connectivity index (χ0v) is 20.7. The highest BCUT2D eigenvalue weighted by atomic mass is 32.2. The van der Waals surface area contributed by atoms with Crippen molar-refractivity contribution in [1.82, 2.24) is 14.9 Å². The van der Waals surface area contributed by atoms with Crippen molar-refractivity contribution in [2.45, 2.75) is 43.1 Å². The molecular formula is C24H25N3O2S3. The van der Waals surface area contributed by atoms with Crippen molar-refractivity contribution in [3.63, 3.8) is 0 Å². The van der Waals surface area contributed by atoms with E-state index in [4.69, 9.17) is 4.98 Å². The van der Waals surface area contributed by atoms with Gasteiger partial charge in [0.1, 0.15) is 4.83 Å². The Morgan fingerprint density at radius 3 is 2.66 bits per heavy atom. The molecule has 0 spiro atoms. The maximum absolute atomic E-state index is 13.1. The van der Waals surface area contributed by atoms with Crippen molar-refractivity contribution in [2.24, 2.45) is 7.05 Å². The van der Waals surface area contributed by atoms with Gasteiger partial charge < -0.3 is 5.32 Å². The predicted molar refractivity (Wildman–Crippen MR) is 136 cm³/mol. The van der Waals surface area contributed by atoms with Gasteiger partial charge in [-0.2, -0.15) is 0 Å². The van der Waals surface area contributed by atoms with Crippen LogP contribution in [0.4, 0.5) is 0 Å². The van der Waals surface area contributed by atoms with Gasteiger partial charge in [-0.15, -0.1) is 22.7 Å². The molecule has 3 aromatic heterocycles. The highest BCUT2D eigenvalue weighted by Crippen LogP contribution is 2.34. The molecule has 8 heteroatoms. The highest BCUT2D eigenvalue weighted by molar-refractivity contribution is 8.00. The van der Waals surface area contributed by atoms with Crippen LogP contribution in [-0.4, -0.2) is 26.8 Å². The second kappa shape index (κ2) is 10.0. The monoisotopic (exact) mass is 483 g/mol. The normalized spacial score (nSPS) is 13.2. The van der Waals surface area contributed by atoms with Gasteiger partial charge in [0, 0.05) is 28.9 Å². The number of fused-ring (bicyclic) bond motifs is 1. The van der Waals surface area contributed by atoms with Crippen LogP contribution in [0, 0.1) is 0 Å². The molecule has 32 heavy (non-hydrogen) atoms. The Labute approximate surface area is 199 Å². The summed E-state index contributed by atoms with van der Waals surface area (Å²) in [6, 6.07) is 14.3. The number of carbonyl (C=O) groups is 1. The molecule has 3 heterocycles. The molecule has 1 N–H and O–H groups in total. The lowest BCUT2D eigenvalue weighted by atomic mass is 10.1. The van der Waals surface area contributed by atoms with Gasteiger partial charge in [0.15, 0.2) is 5.16 Å². The van der Waals surface area contributed by atoms with Gasteiger partial charge in [-0.25, -0.2) is 4.98 Å². The van der Waals surface area contributed by atoms with E-state index in [1.807, 2.05) is 54.9 Å². The summed E-state index contributed by atoms with van der Waals surface area (Å²) < 4.78 is 1.55. The van der Waals surface area contributed by atoms with Crippen LogP contribution in [-0.2, 0) is 18.3 Å². The lowest BCUT2D eigenvalue weighted by Crippen LogP contribution is -2.38. The fraction of sp³-hybridized carbons (Fsp3) is 0.292. The minimum absolute atomic E-state index is 0.0460. The van der Waals surface area contributed by atoms with E-state index >= 15 is 0 Å². The second-order valence-electron chi connectivity index (χ2n) is 7.76. The molecule has 0 aliphatic rings. The summed E-state index contributed by atoms with van der Waals surface area (Å²) in [6.45, 7) is 3.88. The van der Waals surface area contributed by atoms with E-state index in [1.54, 1.807) is 23.0 Å². The molecule has 0 radical (unpaired) electrons. The van der Waals surface area contributed by atoms with Crippen LogP contribution in [0.2, 0.25) is 0 Å². The molecule has 0 saturated carbocycles. The highest BCUT2D eigenvalue weighted by Gasteiger charge is 2.21. The summed E-state index contributed by atoms with van der Waals surface area (Å²) in [4.78, 5) is 32.3. The van der Waals surface area contributed by atoms with Crippen molar-refractivity contribution in [3.8, 4) is 10.4 Å². The Morgan fingerprint density at radius 1 is 1.16 bits per heavy atom. The van der Waals surface area contributed by atoms with Crippen molar-refractivity contribution < 1.29 is 4.79 Å². The van der Waals surface area contributed by atoms with Crippen LogP contribution in [0.25, 0.3) is 20.7 Å². The lowest BCUT2D eigenvalue weighted by Gasteiger charge is -2.18. The summed E-state index contributed by atoms with van der Waals surface area (Å²) in [6.07, 6.45) is 1.79. The zero-order valence-electron chi connectivity index (χ0n) is 18.2. The molecule has 0 aliphatic heterocycles. The molecule has 0 saturated heterocycles. The van der Waals surface area contributed by atoms with Gasteiger partial charge in [0.2, 0.25) is 5.91 Å². The number of carbonyl (C=O) groups excluding carboxylic acids is 1. The number of aryl methyl sites for hydroxylation is 1. The predicted octanol–water partition coefficient (Wildman–Crippen LogP) is 5.34. The third-order valence-corrected chi connectivity index (χ3v) is 8.23. The SMILES string of the molecule is C[C@H](CCc1ccccc1)NC(=O)[C@@H](C)Sc1nc2scc(-c3cccs3)c2c(=O)n1C. The maximum atomic E-state index is 13.1. The molecule has 0 bridgehead atoms. The fourth-order valence-corrected chi connectivity index (χ4v) is 6.13. The molecule has 4 rings (SSSR count). The smallest absolute Gasteiger partial charge is 0.263 e. The number of rotatable bonds is 8. The first-order valence-corrected chi connectivity index (χ1v) is 13.1. The first kappa shape index (κ1) is 22.8. The first-order chi connectivity index (χ1) is 15.4. The Bertz CT molecular complexity index is 1260. The van der Waals surface area contributed by atoms with E-state index in [-0.39, 0.29) is 22.8 Å². The zero-order chi connectivity index (χ0) is 22.7. The average Bonchev–Trinajstić information content (AvgIpc) is 3.46. The number of aromatic nitrogens is 2. The first-order valence-electron chi connectivity index (χ1n) is 10.5. The van der Waals surface area contributed by atoms with Crippen LogP contribution in [0.1, 0.15) is 25.8 Å². The number of thiophene rings is 2. The number of hydrogen-bond acceptors (Lipinski definition) is 6. The van der Waals surface area contributed by atoms with Gasteiger partial charge in [-0.1, -0.05) is 48.2 Å². The Kier molecular flexibility index (Phi) is 7.13. The molecular weight excluding hydrogens is 458 g/mol. The molecule has 1 aromatic carbocycles. The molecule has 1 amide bonds. The third-order valence-electron chi connectivity index (χ3n) is 5.31. The van der Waals surface area contributed by atoms with E-state index in [1.165, 1.54) is 28.7 Å². The van der Waals surface area contributed by atoms with E-state index in [0.29, 0.717) is 15.4 Å². The molecule has 5 nitrogen and oxygen atoms in total. The molecule has 0 fully saturated rings. The Balaban J connectivity index is 1.44. The summed E-state index contributed by atoms with van der Waals surface area (Å²) in [7, 11) is 1.72. The summed E-state index contributed by atoms with van der Waals surface area (Å²) in [5.41, 5.74) is 2.12. The van der Waals surface area contributed by atoms with Gasteiger partial charge in [0.05, 0.1) is 10.6 Å². The van der Waals surface area contributed by atoms with E-state index in [0.717, 1.165) is 23.3 Å². The maximum Gasteiger partial charge on any atom is 0.263 e. The van der Waals surface area contributed by atoms with Crippen molar-refractivity contribution in [3.05, 3.63) is 69.1 Å². The number of nitrogens with zero attached hydrogens (tertiary/aromatic N) is 2. The Morgan fingerprint density at radius 2 is 1.94 bits per heavy atom. The topological polar surface area (TPSA) is 64.0 Å². The molecule has 0 unspecified atom stereocenters. The second-order valence-corrected chi connectivity index (χ2v) is 10.9. The Hall–Kier alpha value is -2.42. The van der Waals surface area contributed by atoms with Crippen LogP contribution < -0.4 is 10.9 Å². The van der Waals surface area contributed by atoms with Gasteiger partial charge in [-0.05, 0) is 43.7 Å². The fourth-order valence-electron chi connectivity index (χ4n) is 3.44. The third kappa shape index (κ3) is 4.98. The molecule has 2 atom stereocenters.